The second-order valence-corrected chi connectivity index (χ2v) is 13.1. The van der Waals surface area contributed by atoms with Crippen molar-refractivity contribution in [1.29, 1.82) is 0 Å². The maximum absolute atomic E-state index is 12.3. The number of H-pyrrole nitrogens is 1. The Kier molecular flexibility index (Phi) is 15.2. The monoisotopic (exact) mass is 637 g/mol. The molecule has 0 radical (unpaired) electrons. The molecular weight excluding hydrogens is 596 g/mol. The van der Waals surface area contributed by atoms with Gasteiger partial charge in [0.1, 0.15) is 6.23 Å². The van der Waals surface area contributed by atoms with E-state index >= 15 is 0 Å². The van der Waals surface area contributed by atoms with Crippen molar-refractivity contribution < 1.29 is 41.8 Å². The molecule has 0 bridgehead atoms. The predicted octanol–water partition coefficient (Wildman–Crippen LogP) is 5.29. The van der Waals surface area contributed by atoms with Crippen LogP contribution in [0.4, 0.5) is 0 Å². The molecule has 5 atom stereocenters. The van der Waals surface area contributed by atoms with Gasteiger partial charge in [-0.2, -0.15) is 4.31 Å². The fraction of sp³-hybridized carbons (Fsp3) is 0.792. The van der Waals surface area contributed by atoms with Gasteiger partial charge < -0.3 is 14.2 Å². The van der Waals surface area contributed by atoms with E-state index < -0.39 is 57.8 Å². The van der Waals surface area contributed by atoms with E-state index in [-0.39, 0.29) is 18.4 Å². The van der Waals surface area contributed by atoms with Gasteiger partial charge in [0, 0.05) is 29.5 Å². The van der Waals surface area contributed by atoms with Gasteiger partial charge >= 0.3 is 27.3 Å². The number of aryl methyl sites for hydroxylation is 1. The summed E-state index contributed by atoms with van der Waals surface area (Å²) in [5, 5.41) is 3.54. The number of aromatic amines is 1. The molecule has 0 aromatic carbocycles. The molecule has 1 fully saturated rings. The molecule has 1 aliphatic rings. The third kappa shape index (κ3) is 12.9. The van der Waals surface area contributed by atoms with Crippen molar-refractivity contribution in [2.45, 2.75) is 116 Å². The first-order valence-electron chi connectivity index (χ1n) is 14.1. The van der Waals surface area contributed by atoms with Crippen molar-refractivity contribution in [3.8, 4) is 0 Å². The first-order chi connectivity index (χ1) is 19.9. The van der Waals surface area contributed by atoms with Crippen LogP contribution >= 0.6 is 15.6 Å². The van der Waals surface area contributed by atoms with Gasteiger partial charge in [-0.1, -0.05) is 76.2 Å². The van der Waals surface area contributed by atoms with E-state index in [4.69, 9.17) is 14.8 Å². The number of phosphoric ester groups is 2. The quantitative estimate of drug-likeness (QED) is 0.0546. The highest BCUT2D eigenvalue weighted by atomic mass is 31.3. The number of hydrogen-bond acceptors (Lipinski definition) is 10. The number of azide groups is 1. The highest BCUT2D eigenvalue weighted by Gasteiger charge is 2.41. The Labute approximate surface area is 243 Å². The smallest absolute Gasteiger partial charge is 0.370 e. The van der Waals surface area contributed by atoms with Crippen LogP contribution in [0.1, 0.15) is 102 Å². The Morgan fingerprint density at radius 1 is 1.10 bits per heavy atom. The summed E-state index contributed by atoms with van der Waals surface area (Å²) >= 11 is 0. The Morgan fingerprint density at radius 3 is 2.29 bits per heavy atom. The van der Waals surface area contributed by atoms with Crippen LogP contribution in [0.5, 0.6) is 0 Å². The van der Waals surface area contributed by atoms with Gasteiger partial charge in [0.25, 0.3) is 5.56 Å². The second kappa shape index (κ2) is 17.7. The lowest BCUT2D eigenvalue weighted by Gasteiger charge is -2.19. The van der Waals surface area contributed by atoms with Crippen molar-refractivity contribution in [3.05, 3.63) is 43.0 Å². The molecule has 2 heterocycles. The third-order valence-corrected chi connectivity index (χ3v) is 9.23. The molecule has 0 amide bonds. The molecule has 42 heavy (non-hydrogen) atoms. The average molecular weight is 638 g/mol. The number of nitrogens with one attached hydrogen (secondary N) is 1. The van der Waals surface area contributed by atoms with Gasteiger partial charge in [0.2, 0.25) is 0 Å². The van der Waals surface area contributed by atoms with Gasteiger partial charge in [0.05, 0.1) is 18.8 Å². The predicted molar refractivity (Wildman–Crippen MR) is 151 cm³/mol. The van der Waals surface area contributed by atoms with Crippen LogP contribution in [0, 0.1) is 6.92 Å². The molecule has 2 rings (SSSR count). The van der Waals surface area contributed by atoms with Gasteiger partial charge in [-0.3, -0.25) is 28.6 Å². The fourth-order valence-electron chi connectivity index (χ4n) is 4.47. The molecule has 1 aromatic heterocycles. The summed E-state index contributed by atoms with van der Waals surface area (Å²) in [4.78, 5) is 60.3. The Morgan fingerprint density at radius 2 is 1.69 bits per heavy atom. The summed E-state index contributed by atoms with van der Waals surface area (Å²) in [7, 11) is -10.6. The van der Waals surface area contributed by atoms with Crippen molar-refractivity contribution in [3.63, 3.8) is 0 Å². The second-order valence-electron chi connectivity index (χ2n) is 10.2. The molecule has 0 spiro atoms. The highest BCUT2D eigenvalue weighted by Crippen LogP contribution is 2.60. The van der Waals surface area contributed by atoms with Gasteiger partial charge in [-0.15, -0.1) is 0 Å². The maximum atomic E-state index is 12.3. The molecule has 0 aliphatic carbocycles. The molecule has 18 heteroatoms. The third-order valence-electron chi connectivity index (χ3n) is 6.67. The number of carbonyl (C=O) groups excluding carboxylic acids is 1. The first-order valence-corrected chi connectivity index (χ1v) is 17.1. The summed E-state index contributed by atoms with van der Waals surface area (Å²) < 4.78 is 44.5. The molecule has 0 saturated carbocycles. The number of unbranched alkanes of at least 4 members (excludes halogenated alkanes) is 10. The van der Waals surface area contributed by atoms with Crippen molar-refractivity contribution in [2.75, 3.05) is 6.61 Å². The zero-order chi connectivity index (χ0) is 31.2. The summed E-state index contributed by atoms with van der Waals surface area (Å²) in [5.41, 5.74) is 7.69. The number of ether oxygens (including phenoxy) is 1. The Balaban J connectivity index is 1.77. The summed E-state index contributed by atoms with van der Waals surface area (Å²) in [6.45, 7) is 2.89. The summed E-state index contributed by atoms with van der Waals surface area (Å²) in [5.74, 6) is -1.07. The largest absolute Gasteiger partial charge is 0.538 e. The number of rotatable bonds is 20. The van der Waals surface area contributed by atoms with E-state index in [2.05, 4.69) is 30.8 Å². The van der Waals surface area contributed by atoms with Crippen molar-refractivity contribution >= 4 is 21.6 Å². The summed E-state index contributed by atoms with van der Waals surface area (Å²) in [6, 6.07) is -0.969. The minimum Gasteiger partial charge on any atom is -0.370 e. The average Bonchev–Trinajstić information content (AvgIpc) is 3.30. The topological polar surface area (TPSA) is 232 Å². The van der Waals surface area contributed by atoms with E-state index in [9.17, 15) is 33.3 Å². The van der Waals surface area contributed by atoms with E-state index in [1.54, 1.807) is 0 Å². The molecule has 1 aliphatic heterocycles. The van der Waals surface area contributed by atoms with E-state index in [1.165, 1.54) is 51.6 Å². The van der Waals surface area contributed by atoms with Crippen LogP contribution in [-0.2, 0) is 32.0 Å². The number of aromatic nitrogens is 2. The fourth-order valence-corrected chi connectivity index (χ4v) is 6.52. The summed E-state index contributed by atoms with van der Waals surface area (Å²) in [6.07, 6.45) is 10.4. The van der Waals surface area contributed by atoms with Crippen LogP contribution in [0.25, 0.3) is 10.4 Å². The molecule has 3 N–H and O–H groups in total. The standard InChI is InChI=1S/C24H41N5O11P2/c1-3-4-5-6-7-8-9-10-11-12-13-14-22(30)39-42(35,36)40-41(33,34)37-17-20-19(27-28-25)15-21(38-20)29-16-18(2)23(31)26-24(29)32/h16,19-21H,3-15,17H2,1-2H3,(H,33,34)(H,35,36)(H,26,31,32)/t19-,20+,21+/m0/s1. The lowest BCUT2D eigenvalue weighted by Crippen LogP contribution is -2.33. The maximum Gasteiger partial charge on any atom is 0.538 e. The van der Waals surface area contributed by atoms with Gasteiger partial charge in [-0.25, -0.2) is 13.9 Å². The van der Waals surface area contributed by atoms with Crippen LogP contribution in [0.2, 0.25) is 0 Å². The lowest BCUT2D eigenvalue weighted by atomic mass is 10.1. The van der Waals surface area contributed by atoms with Crippen LogP contribution in [0.15, 0.2) is 20.9 Å². The lowest BCUT2D eigenvalue weighted by molar-refractivity contribution is -0.135. The van der Waals surface area contributed by atoms with E-state index in [1.807, 2.05) is 0 Å². The minimum absolute atomic E-state index is 0.0464. The Bertz CT molecular complexity index is 1280. The molecule has 1 saturated heterocycles. The van der Waals surface area contributed by atoms with Crippen LogP contribution in [0.3, 0.4) is 0 Å². The van der Waals surface area contributed by atoms with Gasteiger partial charge in [0.15, 0.2) is 0 Å². The minimum atomic E-state index is -5.31. The number of phosphoric acid groups is 2. The Hall–Kier alpha value is -2.28. The molecule has 238 valence electrons. The van der Waals surface area contributed by atoms with Crippen LogP contribution in [-0.4, -0.2) is 44.1 Å². The SMILES string of the molecule is CCCCCCCCCCCCCC(=O)OP(=O)(O)OP(=O)(O)OC[C@H]1O[C@@H](n2cc(C)c(=O)[nH]c2=O)C[C@@H]1N=[N+]=[N-]. The van der Waals surface area contributed by atoms with Crippen molar-refractivity contribution in [1.82, 2.24) is 9.55 Å². The molecule has 16 nitrogen and oxygen atoms in total. The molecular formula is C24H41N5O11P2. The van der Waals surface area contributed by atoms with Crippen molar-refractivity contribution in [2.24, 2.45) is 5.11 Å². The zero-order valence-corrected chi connectivity index (χ0v) is 25.7. The van der Waals surface area contributed by atoms with Crippen LogP contribution < -0.4 is 11.2 Å². The highest BCUT2D eigenvalue weighted by molar-refractivity contribution is 7.61. The van der Waals surface area contributed by atoms with E-state index in [0.717, 1.165) is 30.3 Å². The first kappa shape index (κ1) is 35.9. The molecule has 1 aromatic rings. The normalized spacial score (nSPS) is 21.3. The number of carbonyl (C=O) groups is 1. The molecule has 2 unspecified atom stereocenters. The van der Waals surface area contributed by atoms with Gasteiger partial charge in [-0.05, 0) is 18.9 Å². The van der Waals surface area contributed by atoms with E-state index in [0.29, 0.717) is 6.42 Å². The number of nitrogens with zero attached hydrogens (tertiary/aromatic N) is 4. The number of hydrogen-bond donors (Lipinski definition) is 3. The zero-order valence-electron chi connectivity index (χ0n) is 24.0.